The van der Waals surface area contributed by atoms with Crippen molar-refractivity contribution in [2.24, 2.45) is 0 Å². The van der Waals surface area contributed by atoms with Gasteiger partial charge in [0, 0.05) is 23.6 Å². The molecule has 2 heterocycles. The second kappa shape index (κ2) is 8.13. The number of anilines is 2. The lowest BCUT2D eigenvalue weighted by molar-refractivity contribution is -0.251. The van der Waals surface area contributed by atoms with E-state index in [1.54, 1.807) is 0 Å². The van der Waals surface area contributed by atoms with E-state index < -0.39 is 35.0 Å². The SMILES string of the molecule is O=C(Nc1ccc(F)cc1)Nc1nc2ccc(C(O)(c3ncccn3)C(F)(F)F)cc2s1. The standard InChI is InChI=1S/C20H13F4N5O2S/c21-12-3-5-13(6-4-12)27-17(30)29-18-28-14-7-2-11(10-15(14)32-18)19(31,20(22,23)24)16-25-8-1-9-26-16/h1-10,31H,(H2,27,28,29,30). The molecule has 0 radical (unpaired) electrons. The first-order valence-electron chi connectivity index (χ1n) is 8.98. The molecular formula is C20H13F4N5O2S. The fourth-order valence-electron chi connectivity index (χ4n) is 2.90. The average Bonchev–Trinajstić information content (AvgIpc) is 3.15. The maximum absolute atomic E-state index is 13.9. The van der Waals surface area contributed by atoms with Crippen LogP contribution in [-0.2, 0) is 5.60 Å². The number of nitrogens with zero attached hydrogens (tertiary/aromatic N) is 3. The minimum atomic E-state index is -5.09. The van der Waals surface area contributed by atoms with E-state index in [2.05, 4.69) is 25.6 Å². The first kappa shape index (κ1) is 21.6. The highest BCUT2D eigenvalue weighted by Crippen LogP contribution is 2.43. The number of benzene rings is 2. The number of hydrogen-bond acceptors (Lipinski definition) is 6. The molecule has 0 aliphatic carbocycles. The number of halogens is 4. The van der Waals surface area contributed by atoms with Gasteiger partial charge >= 0.3 is 12.2 Å². The Labute approximate surface area is 181 Å². The van der Waals surface area contributed by atoms with Crippen molar-refractivity contribution in [1.82, 2.24) is 15.0 Å². The molecule has 2 amide bonds. The molecule has 2 aromatic heterocycles. The first-order chi connectivity index (χ1) is 15.2. The van der Waals surface area contributed by atoms with Crippen LogP contribution in [0, 0.1) is 5.82 Å². The van der Waals surface area contributed by atoms with E-state index in [9.17, 15) is 27.5 Å². The van der Waals surface area contributed by atoms with Crippen LogP contribution in [0.3, 0.4) is 0 Å². The summed E-state index contributed by atoms with van der Waals surface area (Å²) in [5, 5.41) is 15.7. The first-order valence-corrected chi connectivity index (χ1v) is 9.80. The molecule has 2 aromatic carbocycles. The van der Waals surface area contributed by atoms with Gasteiger partial charge in [-0.2, -0.15) is 13.2 Å². The fourth-order valence-corrected chi connectivity index (χ4v) is 3.80. The summed E-state index contributed by atoms with van der Waals surface area (Å²) in [7, 11) is 0. The number of fused-ring (bicyclic) bond motifs is 1. The number of amides is 2. The second-order valence-electron chi connectivity index (χ2n) is 6.57. The largest absolute Gasteiger partial charge is 0.428 e. The Morgan fingerprint density at radius 1 is 1.00 bits per heavy atom. The third-order valence-electron chi connectivity index (χ3n) is 4.43. The molecule has 7 nitrogen and oxygen atoms in total. The van der Waals surface area contributed by atoms with Gasteiger partial charge in [-0.1, -0.05) is 17.4 Å². The van der Waals surface area contributed by atoms with E-state index in [0.717, 1.165) is 35.9 Å². The van der Waals surface area contributed by atoms with E-state index in [4.69, 9.17) is 0 Å². The molecule has 4 aromatic rings. The molecular weight excluding hydrogens is 450 g/mol. The third kappa shape index (κ3) is 4.09. The molecule has 12 heteroatoms. The van der Waals surface area contributed by atoms with Gasteiger partial charge in [0.25, 0.3) is 0 Å². The highest BCUT2D eigenvalue weighted by Gasteiger charge is 2.58. The molecule has 3 N–H and O–H groups in total. The number of carbonyl (C=O) groups excluding carboxylic acids is 1. The lowest BCUT2D eigenvalue weighted by atomic mass is 9.92. The average molecular weight is 463 g/mol. The highest BCUT2D eigenvalue weighted by molar-refractivity contribution is 7.22. The van der Waals surface area contributed by atoms with Gasteiger partial charge in [-0.3, -0.25) is 5.32 Å². The molecule has 4 rings (SSSR count). The minimum Gasteiger partial charge on any atom is -0.370 e. The molecule has 0 saturated heterocycles. The zero-order valence-electron chi connectivity index (χ0n) is 15.9. The second-order valence-corrected chi connectivity index (χ2v) is 7.60. The van der Waals surface area contributed by atoms with Gasteiger partial charge in [0.1, 0.15) is 5.82 Å². The Hall–Kier alpha value is -3.64. The lowest BCUT2D eigenvalue weighted by Crippen LogP contribution is -2.44. The quantitative estimate of drug-likeness (QED) is 0.382. The maximum Gasteiger partial charge on any atom is 0.428 e. The summed E-state index contributed by atoms with van der Waals surface area (Å²) in [6.45, 7) is 0. The summed E-state index contributed by atoms with van der Waals surface area (Å²) >= 11 is 0.912. The van der Waals surface area contributed by atoms with E-state index in [1.165, 1.54) is 36.4 Å². The number of carbonyl (C=O) groups is 1. The van der Waals surface area contributed by atoms with E-state index in [1.807, 2.05) is 0 Å². The van der Waals surface area contributed by atoms with Crippen LogP contribution in [0.1, 0.15) is 11.4 Å². The summed E-state index contributed by atoms with van der Waals surface area (Å²) in [5.41, 5.74) is -3.27. The summed E-state index contributed by atoms with van der Waals surface area (Å²) in [6, 6.07) is 9.24. The van der Waals surface area contributed by atoms with Gasteiger partial charge in [0.2, 0.25) is 5.60 Å². The monoisotopic (exact) mass is 463 g/mol. The van der Waals surface area contributed by atoms with E-state index >= 15 is 0 Å². The molecule has 0 aliphatic rings. The maximum atomic E-state index is 13.9. The Morgan fingerprint density at radius 3 is 2.34 bits per heavy atom. The van der Waals surface area contributed by atoms with Crippen molar-refractivity contribution in [2.75, 3.05) is 10.6 Å². The third-order valence-corrected chi connectivity index (χ3v) is 5.36. The molecule has 1 unspecified atom stereocenters. The molecule has 0 bridgehead atoms. The van der Waals surface area contributed by atoms with Gasteiger partial charge in [-0.25, -0.2) is 24.1 Å². The Balaban J connectivity index is 1.62. The van der Waals surface area contributed by atoms with Crippen molar-refractivity contribution in [3.8, 4) is 0 Å². The number of thiazole rings is 1. The predicted molar refractivity (Wildman–Crippen MR) is 110 cm³/mol. The topological polar surface area (TPSA) is 100 Å². The van der Waals surface area contributed by atoms with Crippen LogP contribution in [0.15, 0.2) is 60.9 Å². The number of rotatable bonds is 4. The Morgan fingerprint density at radius 2 is 1.69 bits per heavy atom. The van der Waals surface area contributed by atoms with Gasteiger partial charge < -0.3 is 10.4 Å². The van der Waals surface area contributed by atoms with Crippen molar-refractivity contribution in [3.05, 3.63) is 78.1 Å². The Bertz CT molecular complexity index is 1260. The van der Waals surface area contributed by atoms with Crippen LogP contribution in [0.5, 0.6) is 0 Å². The Kier molecular flexibility index (Phi) is 5.48. The van der Waals surface area contributed by atoms with Gasteiger partial charge in [-0.15, -0.1) is 0 Å². The lowest BCUT2D eigenvalue weighted by Gasteiger charge is -2.29. The van der Waals surface area contributed by atoms with Crippen molar-refractivity contribution in [2.45, 2.75) is 11.8 Å². The smallest absolute Gasteiger partial charge is 0.370 e. The summed E-state index contributed by atoms with van der Waals surface area (Å²) in [4.78, 5) is 23.5. The molecule has 32 heavy (non-hydrogen) atoms. The van der Waals surface area contributed by atoms with Crippen molar-refractivity contribution < 1.29 is 27.5 Å². The van der Waals surface area contributed by atoms with Crippen LogP contribution >= 0.6 is 11.3 Å². The molecule has 0 fully saturated rings. The number of nitrogens with one attached hydrogen (secondary N) is 2. The number of alkyl halides is 3. The predicted octanol–water partition coefficient (Wildman–Crippen LogP) is 4.67. The summed E-state index contributed by atoms with van der Waals surface area (Å²) < 4.78 is 54.8. The van der Waals surface area contributed by atoms with Crippen LogP contribution in [-0.4, -0.2) is 32.3 Å². The van der Waals surface area contributed by atoms with Crippen LogP contribution in [0.25, 0.3) is 10.2 Å². The highest BCUT2D eigenvalue weighted by atomic mass is 32.1. The van der Waals surface area contributed by atoms with Crippen LogP contribution in [0.2, 0.25) is 0 Å². The zero-order chi connectivity index (χ0) is 22.9. The number of hydrogen-bond donors (Lipinski definition) is 3. The number of aliphatic hydroxyl groups is 1. The summed E-state index contributed by atoms with van der Waals surface area (Å²) in [6.07, 6.45) is -2.89. The van der Waals surface area contributed by atoms with E-state index in [0.29, 0.717) is 11.2 Å². The van der Waals surface area contributed by atoms with Gasteiger partial charge in [-0.05, 0) is 42.5 Å². The molecule has 0 saturated carbocycles. The molecule has 0 aliphatic heterocycles. The number of aromatic nitrogens is 3. The van der Waals surface area contributed by atoms with Crippen LogP contribution in [0.4, 0.5) is 33.2 Å². The summed E-state index contributed by atoms with van der Waals surface area (Å²) in [5.74, 6) is -1.27. The van der Waals surface area contributed by atoms with E-state index in [-0.39, 0.29) is 9.83 Å². The van der Waals surface area contributed by atoms with Gasteiger partial charge in [0.15, 0.2) is 11.0 Å². The molecule has 164 valence electrons. The van der Waals surface area contributed by atoms with Crippen LogP contribution < -0.4 is 10.6 Å². The van der Waals surface area contributed by atoms with Crippen molar-refractivity contribution in [1.29, 1.82) is 0 Å². The van der Waals surface area contributed by atoms with Crippen molar-refractivity contribution >= 4 is 38.4 Å². The molecule has 1 atom stereocenters. The number of urea groups is 1. The van der Waals surface area contributed by atoms with Gasteiger partial charge in [0.05, 0.1) is 10.2 Å². The fraction of sp³-hybridized carbons (Fsp3) is 0.100. The molecule has 0 spiro atoms. The van der Waals surface area contributed by atoms with Crippen molar-refractivity contribution in [3.63, 3.8) is 0 Å². The minimum absolute atomic E-state index is 0.114. The zero-order valence-corrected chi connectivity index (χ0v) is 16.7. The normalized spacial score (nSPS) is 13.5.